The molecule has 6 nitrogen and oxygen atoms in total. The van der Waals surface area contributed by atoms with Crippen LogP contribution < -0.4 is 4.90 Å². The van der Waals surface area contributed by atoms with Crippen molar-refractivity contribution in [2.45, 2.75) is 25.2 Å². The van der Waals surface area contributed by atoms with Gasteiger partial charge >= 0.3 is 0 Å². The average molecular weight is 434 g/mol. The van der Waals surface area contributed by atoms with E-state index in [0.29, 0.717) is 19.6 Å². The molecule has 8 heteroatoms. The molecule has 3 rings (SSSR count). The Morgan fingerprint density at radius 2 is 1.70 bits per heavy atom. The molecule has 1 fully saturated rings. The van der Waals surface area contributed by atoms with E-state index in [0.717, 1.165) is 34.1 Å². The molecule has 0 aliphatic carbocycles. The van der Waals surface area contributed by atoms with Gasteiger partial charge in [0.25, 0.3) is 0 Å². The van der Waals surface area contributed by atoms with E-state index in [4.69, 9.17) is 0 Å². The van der Waals surface area contributed by atoms with E-state index in [1.165, 1.54) is 19.2 Å². The molecule has 0 aromatic heterocycles. The van der Waals surface area contributed by atoms with Gasteiger partial charge in [0.05, 0.1) is 11.4 Å². The second-order valence-corrected chi connectivity index (χ2v) is 9.75. The largest absolute Gasteiger partial charge is 0.370 e. The number of carbonyl (C=O) groups is 1. The van der Waals surface area contributed by atoms with Crippen LogP contribution in [0.5, 0.6) is 0 Å². The molecule has 1 heterocycles. The molecule has 0 atom stereocenters. The highest BCUT2D eigenvalue weighted by atomic mass is 32.2. The molecule has 0 unspecified atom stereocenters. The highest BCUT2D eigenvalue weighted by Gasteiger charge is 2.26. The van der Waals surface area contributed by atoms with Gasteiger partial charge in [0.1, 0.15) is 5.82 Å². The van der Waals surface area contributed by atoms with E-state index in [1.807, 2.05) is 13.8 Å². The summed E-state index contributed by atoms with van der Waals surface area (Å²) in [4.78, 5) is 16.8. The molecule has 1 aliphatic rings. The Hall–Kier alpha value is -2.45. The van der Waals surface area contributed by atoms with Crippen molar-refractivity contribution in [1.29, 1.82) is 0 Å². The molecule has 0 radical (unpaired) electrons. The van der Waals surface area contributed by atoms with Gasteiger partial charge < -0.3 is 9.80 Å². The fraction of sp³-hybridized carbons (Fsp3) is 0.409. The monoisotopic (exact) mass is 433 g/mol. The number of likely N-dealkylation sites (N-methyl/N-ethyl adjacent to an activating group) is 1. The molecule has 30 heavy (non-hydrogen) atoms. The first-order valence-corrected chi connectivity index (χ1v) is 11.4. The van der Waals surface area contributed by atoms with E-state index in [9.17, 15) is 17.6 Å². The van der Waals surface area contributed by atoms with Gasteiger partial charge in [-0.25, -0.2) is 12.8 Å². The molecule has 1 amide bonds. The second kappa shape index (κ2) is 9.14. The molecule has 1 saturated heterocycles. The lowest BCUT2D eigenvalue weighted by Gasteiger charge is -2.25. The molecule has 2 aromatic carbocycles. The van der Waals surface area contributed by atoms with E-state index < -0.39 is 10.0 Å². The number of hydrogen-bond acceptors (Lipinski definition) is 4. The van der Waals surface area contributed by atoms with Crippen molar-refractivity contribution in [3.63, 3.8) is 0 Å². The van der Waals surface area contributed by atoms with Gasteiger partial charge in [0, 0.05) is 38.9 Å². The maximum Gasteiger partial charge on any atom is 0.243 e. The number of hydrogen-bond donors (Lipinski definition) is 0. The van der Waals surface area contributed by atoms with Crippen LogP contribution in [-0.2, 0) is 14.8 Å². The summed E-state index contributed by atoms with van der Waals surface area (Å²) in [6.07, 6.45) is 0.761. The summed E-state index contributed by atoms with van der Waals surface area (Å²) < 4.78 is 40.0. The minimum atomic E-state index is -3.74. The summed E-state index contributed by atoms with van der Waals surface area (Å²) in [5.41, 5.74) is 2.83. The first-order chi connectivity index (χ1) is 14.2. The van der Waals surface area contributed by atoms with Gasteiger partial charge in [-0.05, 0) is 67.8 Å². The number of amides is 1. The van der Waals surface area contributed by atoms with Crippen LogP contribution in [-0.4, -0.2) is 63.3 Å². The van der Waals surface area contributed by atoms with Gasteiger partial charge in [-0.2, -0.15) is 4.31 Å². The minimum absolute atomic E-state index is 0.194. The summed E-state index contributed by atoms with van der Waals surface area (Å²) in [5.74, 6) is -0.496. The van der Waals surface area contributed by atoms with Crippen molar-refractivity contribution in [3.8, 4) is 0 Å². The van der Waals surface area contributed by atoms with Gasteiger partial charge in [0.2, 0.25) is 15.9 Å². The van der Waals surface area contributed by atoms with Crippen LogP contribution in [0, 0.1) is 19.7 Å². The number of benzene rings is 2. The third-order valence-electron chi connectivity index (χ3n) is 5.58. The molecule has 0 N–H and O–H groups in total. The Balaban J connectivity index is 1.63. The van der Waals surface area contributed by atoms with Crippen molar-refractivity contribution in [3.05, 3.63) is 59.4 Å². The number of halogens is 1. The molecule has 1 aliphatic heterocycles. The number of nitrogens with zero attached hydrogens (tertiary/aromatic N) is 3. The minimum Gasteiger partial charge on any atom is -0.370 e. The van der Waals surface area contributed by atoms with E-state index in [-0.39, 0.29) is 23.2 Å². The lowest BCUT2D eigenvalue weighted by atomic mass is 10.1. The van der Waals surface area contributed by atoms with Crippen LogP contribution >= 0.6 is 0 Å². The Kier molecular flexibility index (Phi) is 6.77. The maximum atomic E-state index is 13.2. The molecule has 2 aromatic rings. The zero-order chi connectivity index (χ0) is 21.9. The summed E-state index contributed by atoms with van der Waals surface area (Å²) in [6.45, 7) is 6.02. The van der Waals surface area contributed by atoms with E-state index in [1.54, 1.807) is 35.2 Å². The van der Waals surface area contributed by atoms with Crippen molar-refractivity contribution < 1.29 is 17.6 Å². The fourth-order valence-electron chi connectivity index (χ4n) is 3.51. The number of rotatable bonds is 5. The number of aryl methyl sites for hydroxylation is 2. The Morgan fingerprint density at radius 3 is 2.37 bits per heavy atom. The van der Waals surface area contributed by atoms with Crippen LogP contribution in [0.25, 0.3) is 0 Å². The standard InChI is InChI=1S/C22H28FN3O3S/c1-17-5-10-21(15-18(17)2)30(28,29)24(3)16-22(27)26-12-4-11-25(13-14-26)20-8-6-19(23)7-9-20/h5-10,15H,4,11-14,16H2,1-3H3. The van der Waals surface area contributed by atoms with Crippen LogP contribution in [0.1, 0.15) is 17.5 Å². The fourth-order valence-corrected chi connectivity index (χ4v) is 4.71. The maximum absolute atomic E-state index is 13.2. The Bertz CT molecular complexity index is 1010. The Labute approximate surface area is 177 Å². The zero-order valence-electron chi connectivity index (χ0n) is 17.6. The van der Waals surface area contributed by atoms with Crippen LogP contribution in [0.2, 0.25) is 0 Å². The molecule has 0 saturated carbocycles. The Morgan fingerprint density at radius 1 is 1.00 bits per heavy atom. The van der Waals surface area contributed by atoms with E-state index >= 15 is 0 Å². The van der Waals surface area contributed by atoms with Crippen LogP contribution in [0.15, 0.2) is 47.4 Å². The van der Waals surface area contributed by atoms with Crippen molar-refractivity contribution in [2.24, 2.45) is 0 Å². The first-order valence-electron chi connectivity index (χ1n) is 10.0. The third-order valence-corrected chi connectivity index (χ3v) is 7.38. The van der Waals surface area contributed by atoms with Gasteiger partial charge in [-0.3, -0.25) is 4.79 Å². The molecular weight excluding hydrogens is 405 g/mol. The second-order valence-electron chi connectivity index (χ2n) is 7.70. The smallest absolute Gasteiger partial charge is 0.243 e. The molecule has 0 bridgehead atoms. The van der Waals surface area contributed by atoms with Gasteiger partial charge in [-0.15, -0.1) is 0 Å². The van der Waals surface area contributed by atoms with Crippen LogP contribution in [0.4, 0.5) is 10.1 Å². The first kappa shape index (κ1) is 22.2. The van der Waals surface area contributed by atoms with Crippen molar-refractivity contribution in [2.75, 3.05) is 44.7 Å². The summed E-state index contributed by atoms with van der Waals surface area (Å²) in [7, 11) is -2.30. The average Bonchev–Trinajstić information content (AvgIpc) is 2.97. The van der Waals surface area contributed by atoms with E-state index in [2.05, 4.69) is 4.90 Å². The predicted octanol–water partition coefficient (Wildman–Crippen LogP) is 2.80. The lowest BCUT2D eigenvalue weighted by Crippen LogP contribution is -2.42. The number of carbonyl (C=O) groups excluding carboxylic acids is 1. The highest BCUT2D eigenvalue weighted by Crippen LogP contribution is 2.20. The van der Waals surface area contributed by atoms with Crippen molar-refractivity contribution >= 4 is 21.6 Å². The summed E-state index contributed by atoms with van der Waals surface area (Å²) in [6, 6.07) is 11.3. The summed E-state index contributed by atoms with van der Waals surface area (Å²) in [5, 5.41) is 0. The predicted molar refractivity (Wildman–Crippen MR) is 116 cm³/mol. The van der Waals surface area contributed by atoms with Crippen LogP contribution in [0.3, 0.4) is 0 Å². The molecule has 0 spiro atoms. The highest BCUT2D eigenvalue weighted by molar-refractivity contribution is 7.89. The lowest BCUT2D eigenvalue weighted by molar-refractivity contribution is -0.131. The molecular formula is C22H28FN3O3S. The normalized spacial score (nSPS) is 15.4. The number of anilines is 1. The van der Waals surface area contributed by atoms with Gasteiger partial charge in [0.15, 0.2) is 0 Å². The quantitative estimate of drug-likeness (QED) is 0.728. The number of sulfonamides is 1. The SMILES string of the molecule is Cc1ccc(S(=O)(=O)N(C)CC(=O)N2CCCN(c3ccc(F)cc3)CC2)cc1C. The van der Waals surface area contributed by atoms with Crippen molar-refractivity contribution in [1.82, 2.24) is 9.21 Å². The summed E-state index contributed by atoms with van der Waals surface area (Å²) >= 11 is 0. The topological polar surface area (TPSA) is 60.9 Å². The molecule has 162 valence electrons. The van der Waals surface area contributed by atoms with Gasteiger partial charge in [-0.1, -0.05) is 6.07 Å². The zero-order valence-corrected chi connectivity index (χ0v) is 18.5. The third kappa shape index (κ3) is 4.99.